The molecule has 0 saturated carbocycles. The lowest BCUT2D eigenvalue weighted by atomic mass is 10.0. The van der Waals surface area contributed by atoms with Gasteiger partial charge in [0.1, 0.15) is 17.1 Å². The highest BCUT2D eigenvalue weighted by atomic mass is 16.5. The summed E-state index contributed by atoms with van der Waals surface area (Å²) in [7, 11) is 1.55. The second-order valence-electron chi connectivity index (χ2n) is 7.86. The van der Waals surface area contributed by atoms with Gasteiger partial charge in [-0.15, -0.1) is 0 Å². The molecule has 2 aliphatic rings. The van der Waals surface area contributed by atoms with Gasteiger partial charge >= 0.3 is 6.03 Å². The molecule has 0 aromatic heterocycles. The summed E-state index contributed by atoms with van der Waals surface area (Å²) >= 11 is 0. The van der Waals surface area contributed by atoms with Gasteiger partial charge in [0.15, 0.2) is 0 Å². The molecule has 0 spiro atoms. The van der Waals surface area contributed by atoms with Gasteiger partial charge in [-0.3, -0.25) is 14.9 Å². The summed E-state index contributed by atoms with van der Waals surface area (Å²) in [6.07, 6.45) is 4.99. The van der Waals surface area contributed by atoms with Gasteiger partial charge in [0.05, 0.1) is 19.4 Å². The third-order valence-corrected chi connectivity index (χ3v) is 5.73. The van der Waals surface area contributed by atoms with Crippen LogP contribution in [0.4, 0.5) is 16.2 Å². The number of carbonyl (C=O) groups excluding carboxylic acids is 3. The zero-order chi connectivity index (χ0) is 23.4. The van der Waals surface area contributed by atoms with Crippen LogP contribution in [0.15, 0.2) is 48.0 Å². The molecule has 4 rings (SSSR count). The van der Waals surface area contributed by atoms with Crippen LogP contribution in [0.5, 0.6) is 11.5 Å². The van der Waals surface area contributed by atoms with Gasteiger partial charge in [-0.05, 0) is 56.5 Å². The van der Waals surface area contributed by atoms with Crippen LogP contribution >= 0.6 is 0 Å². The van der Waals surface area contributed by atoms with Crippen molar-refractivity contribution in [3.05, 3.63) is 53.6 Å². The standard InChI is InChI=1S/C25H27N3O5/c1-3-33-20-9-7-8-19(15-20)28-24(30)21(23(29)26-25(28)31)14-17-10-11-18(16-22(17)32-2)27-12-5-4-6-13-27/h7-11,14-16H,3-6,12-13H2,1-2H3,(H,26,29,31)/b21-14+. The molecule has 33 heavy (non-hydrogen) atoms. The van der Waals surface area contributed by atoms with Crippen LogP contribution in [0.2, 0.25) is 0 Å². The summed E-state index contributed by atoms with van der Waals surface area (Å²) in [5, 5.41) is 2.25. The molecule has 8 nitrogen and oxygen atoms in total. The molecule has 2 aliphatic heterocycles. The number of hydrogen-bond acceptors (Lipinski definition) is 6. The lowest BCUT2D eigenvalue weighted by Gasteiger charge is -2.29. The van der Waals surface area contributed by atoms with Crippen LogP contribution in [0.1, 0.15) is 31.7 Å². The van der Waals surface area contributed by atoms with Crippen molar-refractivity contribution in [2.45, 2.75) is 26.2 Å². The molecule has 8 heteroatoms. The number of barbiturate groups is 1. The largest absolute Gasteiger partial charge is 0.496 e. The number of rotatable bonds is 6. The Labute approximate surface area is 192 Å². The second-order valence-corrected chi connectivity index (χ2v) is 7.86. The number of hydrogen-bond donors (Lipinski definition) is 1. The van der Waals surface area contributed by atoms with Gasteiger partial charge in [-0.2, -0.15) is 0 Å². The Balaban J connectivity index is 1.66. The topological polar surface area (TPSA) is 88.2 Å². The van der Waals surface area contributed by atoms with Crippen LogP contribution in [-0.4, -0.2) is 44.7 Å². The molecule has 0 aliphatic carbocycles. The maximum Gasteiger partial charge on any atom is 0.335 e. The average Bonchev–Trinajstić information content (AvgIpc) is 2.82. The van der Waals surface area contributed by atoms with Crippen LogP contribution < -0.4 is 24.6 Å². The normalized spacial score (nSPS) is 17.9. The third kappa shape index (κ3) is 4.69. The number of nitrogens with zero attached hydrogens (tertiary/aromatic N) is 2. The van der Waals surface area contributed by atoms with Gasteiger partial charge in [-0.25, -0.2) is 9.69 Å². The molecule has 0 atom stereocenters. The molecule has 1 N–H and O–H groups in total. The number of benzene rings is 2. The molecule has 2 saturated heterocycles. The van der Waals surface area contributed by atoms with E-state index in [9.17, 15) is 14.4 Å². The van der Waals surface area contributed by atoms with E-state index in [1.807, 2.05) is 25.1 Å². The summed E-state index contributed by atoms with van der Waals surface area (Å²) in [5.41, 5.74) is 1.78. The smallest absolute Gasteiger partial charge is 0.335 e. The van der Waals surface area contributed by atoms with E-state index in [2.05, 4.69) is 10.2 Å². The van der Waals surface area contributed by atoms with Gasteiger partial charge in [0, 0.05) is 36.5 Å². The third-order valence-electron chi connectivity index (χ3n) is 5.73. The van der Waals surface area contributed by atoms with Crippen molar-refractivity contribution in [3.8, 4) is 11.5 Å². The summed E-state index contributed by atoms with van der Waals surface area (Å²) < 4.78 is 11.0. The molecule has 2 aromatic rings. The Kier molecular flexibility index (Phi) is 6.63. The predicted octanol–water partition coefficient (Wildman–Crippen LogP) is 3.75. The Morgan fingerprint density at radius 2 is 1.79 bits per heavy atom. The summed E-state index contributed by atoms with van der Waals surface area (Å²) in [4.78, 5) is 41.5. The van der Waals surface area contributed by atoms with Crippen molar-refractivity contribution in [1.82, 2.24) is 5.32 Å². The van der Waals surface area contributed by atoms with E-state index in [1.54, 1.807) is 31.4 Å². The Bertz CT molecular complexity index is 1100. The van der Waals surface area contributed by atoms with Gasteiger partial charge in [0.2, 0.25) is 0 Å². The highest BCUT2D eigenvalue weighted by Crippen LogP contribution is 2.31. The Hall–Kier alpha value is -3.81. The fourth-order valence-electron chi connectivity index (χ4n) is 4.09. The average molecular weight is 450 g/mol. The zero-order valence-corrected chi connectivity index (χ0v) is 18.8. The number of piperidine rings is 1. The molecule has 2 fully saturated rings. The van der Waals surface area contributed by atoms with Crippen molar-refractivity contribution >= 4 is 35.3 Å². The zero-order valence-electron chi connectivity index (χ0n) is 18.8. The molecule has 2 heterocycles. The molecule has 4 amide bonds. The van der Waals surface area contributed by atoms with Gasteiger partial charge in [-0.1, -0.05) is 6.07 Å². The quantitative estimate of drug-likeness (QED) is 0.534. The monoisotopic (exact) mass is 449 g/mol. The van der Waals surface area contributed by atoms with E-state index in [0.717, 1.165) is 36.5 Å². The van der Waals surface area contributed by atoms with Crippen LogP contribution in [0, 0.1) is 0 Å². The second kappa shape index (κ2) is 9.77. The highest BCUT2D eigenvalue weighted by Gasteiger charge is 2.37. The summed E-state index contributed by atoms with van der Waals surface area (Å²) in [6.45, 7) is 4.26. The van der Waals surface area contributed by atoms with Crippen LogP contribution in [0.25, 0.3) is 6.08 Å². The fraction of sp³-hybridized carbons (Fsp3) is 0.320. The molecule has 172 valence electrons. The van der Waals surface area contributed by atoms with Crippen molar-refractivity contribution in [3.63, 3.8) is 0 Å². The number of methoxy groups -OCH3 is 1. The van der Waals surface area contributed by atoms with E-state index in [0.29, 0.717) is 29.4 Å². The number of amides is 4. The lowest BCUT2D eigenvalue weighted by molar-refractivity contribution is -0.122. The van der Waals surface area contributed by atoms with Crippen molar-refractivity contribution < 1.29 is 23.9 Å². The first-order valence-electron chi connectivity index (χ1n) is 11.1. The molecule has 0 bridgehead atoms. The number of carbonyl (C=O) groups is 3. The summed E-state index contributed by atoms with van der Waals surface area (Å²) in [6, 6.07) is 11.5. The molecule has 0 unspecified atom stereocenters. The molecular formula is C25H27N3O5. The van der Waals surface area contributed by atoms with Crippen molar-refractivity contribution in [1.29, 1.82) is 0 Å². The predicted molar refractivity (Wildman–Crippen MR) is 126 cm³/mol. The minimum absolute atomic E-state index is 0.152. The van der Waals surface area contributed by atoms with E-state index in [-0.39, 0.29) is 5.57 Å². The first kappa shape index (κ1) is 22.4. The molecule has 2 aromatic carbocycles. The first-order chi connectivity index (χ1) is 16.0. The number of anilines is 2. The van der Waals surface area contributed by atoms with Gasteiger partial charge in [0.25, 0.3) is 11.8 Å². The number of urea groups is 1. The maximum atomic E-state index is 13.2. The van der Waals surface area contributed by atoms with Crippen LogP contribution in [-0.2, 0) is 9.59 Å². The van der Waals surface area contributed by atoms with E-state index in [1.165, 1.54) is 12.5 Å². The van der Waals surface area contributed by atoms with Crippen molar-refractivity contribution in [2.24, 2.45) is 0 Å². The molecule has 0 radical (unpaired) electrons. The first-order valence-corrected chi connectivity index (χ1v) is 11.1. The van der Waals surface area contributed by atoms with Gasteiger partial charge < -0.3 is 14.4 Å². The number of ether oxygens (including phenoxy) is 2. The lowest BCUT2D eigenvalue weighted by Crippen LogP contribution is -2.54. The maximum absolute atomic E-state index is 13.2. The Morgan fingerprint density at radius 3 is 2.52 bits per heavy atom. The highest BCUT2D eigenvalue weighted by molar-refractivity contribution is 6.39. The SMILES string of the molecule is CCOc1cccc(N2C(=O)NC(=O)/C(=C\c3ccc(N4CCCCC4)cc3OC)C2=O)c1. The minimum Gasteiger partial charge on any atom is -0.496 e. The fourth-order valence-corrected chi connectivity index (χ4v) is 4.09. The number of nitrogens with one attached hydrogen (secondary N) is 1. The summed E-state index contributed by atoms with van der Waals surface area (Å²) in [5.74, 6) is -0.384. The van der Waals surface area contributed by atoms with E-state index in [4.69, 9.17) is 9.47 Å². The minimum atomic E-state index is -0.803. The number of imide groups is 2. The van der Waals surface area contributed by atoms with Crippen molar-refractivity contribution in [2.75, 3.05) is 36.6 Å². The van der Waals surface area contributed by atoms with E-state index >= 15 is 0 Å². The van der Waals surface area contributed by atoms with E-state index < -0.39 is 17.8 Å². The Morgan fingerprint density at radius 1 is 1.00 bits per heavy atom. The van der Waals surface area contributed by atoms with Crippen LogP contribution in [0.3, 0.4) is 0 Å². The molecular weight excluding hydrogens is 422 g/mol.